The highest BCUT2D eigenvalue weighted by atomic mass is 16.5. The summed E-state index contributed by atoms with van der Waals surface area (Å²) in [6.45, 7) is -0.308. The predicted octanol–water partition coefficient (Wildman–Crippen LogP) is 4.24. The molecule has 188 valence electrons. The van der Waals surface area contributed by atoms with Crippen molar-refractivity contribution < 1.29 is 23.5 Å². The van der Waals surface area contributed by atoms with Gasteiger partial charge in [0.05, 0.1) is 19.9 Å². The lowest BCUT2D eigenvalue weighted by Crippen LogP contribution is -2.49. The molecule has 1 atom stereocenters. The van der Waals surface area contributed by atoms with Gasteiger partial charge in [0.1, 0.15) is 11.8 Å². The molecule has 0 saturated heterocycles. The summed E-state index contributed by atoms with van der Waals surface area (Å²) in [7, 11) is 1.57. The first-order valence-corrected chi connectivity index (χ1v) is 12.2. The number of methoxy groups -OCH3 is 1. The van der Waals surface area contributed by atoms with Gasteiger partial charge in [0.15, 0.2) is 5.76 Å². The predicted molar refractivity (Wildman–Crippen MR) is 136 cm³/mol. The number of ether oxygens (including phenoxy) is 1. The van der Waals surface area contributed by atoms with Gasteiger partial charge in [-0.3, -0.25) is 19.3 Å². The van der Waals surface area contributed by atoms with E-state index in [0.29, 0.717) is 17.0 Å². The third-order valence-corrected chi connectivity index (χ3v) is 6.34. The van der Waals surface area contributed by atoms with Crippen LogP contribution >= 0.6 is 0 Å². The summed E-state index contributed by atoms with van der Waals surface area (Å²) < 4.78 is 10.4. The molecule has 0 aliphatic heterocycles. The number of carbonyl (C=O) groups is 3. The second-order valence-corrected chi connectivity index (χ2v) is 8.78. The van der Waals surface area contributed by atoms with E-state index < -0.39 is 17.9 Å². The van der Waals surface area contributed by atoms with Gasteiger partial charge in [-0.05, 0) is 54.8 Å². The van der Waals surface area contributed by atoms with Gasteiger partial charge in [0.25, 0.3) is 5.91 Å². The van der Waals surface area contributed by atoms with Crippen molar-refractivity contribution in [1.82, 2.24) is 10.6 Å². The van der Waals surface area contributed by atoms with Crippen LogP contribution in [0, 0.1) is 0 Å². The summed E-state index contributed by atoms with van der Waals surface area (Å²) in [6.07, 6.45) is 6.52. The Hall–Kier alpha value is -4.07. The van der Waals surface area contributed by atoms with Crippen molar-refractivity contribution >= 4 is 23.4 Å². The summed E-state index contributed by atoms with van der Waals surface area (Å²) in [5.41, 5.74) is 1.19. The molecule has 1 heterocycles. The summed E-state index contributed by atoms with van der Waals surface area (Å²) in [5.74, 6) is -0.444. The number of hydrogen-bond acceptors (Lipinski definition) is 5. The summed E-state index contributed by atoms with van der Waals surface area (Å²) in [4.78, 5) is 41.3. The molecule has 8 nitrogen and oxygen atoms in total. The molecule has 0 unspecified atom stereocenters. The zero-order chi connectivity index (χ0) is 25.3. The lowest BCUT2D eigenvalue weighted by atomic mass is 9.94. The zero-order valence-corrected chi connectivity index (χ0v) is 20.3. The second kappa shape index (κ2) is 12.1. The van der Waals surface area contributed by atoms with Crippen molar-refractivity contribution in [3.05, 3.63) is 84.3 Å². The van der Waals surface area contributed by atoms with E-state index in [1.807, 2.05) is 6.07 Å². The molecule has 0 radical (unpaired) electrons. The average Bonchev–Trinajstić information content (AvgIpc) is 3.46. The van der Waals surface area contributed by atoms with Gasteiger partial charge in [-0.15, -0.1) is 0 Å². The number of hydrogen-bond donors (Lipinski definition) is 2. The number of nitrogens with zero attached hydrogens (tertiary/aromatic N) is 1. The van der Waals surface area contributed by atoms with Crippen LogP contribution in [-0.2, 0) is 9.59 Å². The molecule has 36 heavy (non-hydrogen) atoms. The van der Waals surface area contributed by atoms with Crippen LogP contribution in [0.4, 0.5) is 5.69 Å². The Morgan fingerprint density at radius 3 is 2.33 bits per heavy atom. The molecule has 1 aliphatic rings. The maximum absolute atomic E-state index is 13.8. The molecule has 1 fully saturated rings. The van der Waals surface area contributed by atoms with E-state index in [9.17, 15) is 14.4 Å². The molecule has 8 heteroatoms. The number of benzene rings is 2. The Morgan fingerprint density at radius 1 is 0.972 bits per heavy atom. The molecule has 1 saturated carbocycles. The summed E-state index contributed by atoms with van der Waals surface area (Å²) >= 11 is 0. The van der Waals surface area contributed by atoms with Crippen molar-refractivity contribution in [3.63, 3.8) is 0 Å². The van der Waals surface area contributed by atoms with Gasteiger partial charge >= 0.3 is 0 Å². The van der Waals surface area contributed by atoms with Crippen molar-refractivity contribution in [1.29, 1.82) is 0 Å². The maximum atomic E-state index is 13.8. The van der Waals surface area contributed by atoms with E-state index >= 15 is 0 Å². The average molecular weight is 490 g/mol. The molecule has 1 aromatic heterocycles. The minimum atomic E-state index is -0.937. The Morgan fingerprint density at radius 2 is 1.69 bits per heavy atom. The van der Waals surface area contributed by atoms with Crippen LogP contribution in [0.1, 0.15) is 54.3 Å². The van der Waals surface area contributed by atoms with E-state index in [1.165, 1.54) is 17.2 Å². The zero-order valence-electron chi connectivity index (χ0n) is 20.3. The number of anilines is 1. The molecule has 3 aromatic rings. The van der Waals surface area contributed by atoms with Crippen LogP contribution in [-0.4, -0.2) is 37.4 Å². The number of rotatable bonds is 9. The van der Waals surface area contributed by atoms with Crippen LogP contribution in [0.5, 0.6) is 5.75 Å². The number of para-hydroxylation sites is 1. The molecule has 2 aromatic carbocycles. The van der Waals surface area contributed by atoms with Gasteiger partial charge in [-0.2, -0.15) is 0 Å². The molecular formula is C28H31N3O5. The molecule has 3 amide bonds. The number of nitrogens with one attached hydrogen (secondary N) is 2. The fourth-order valence-corrected chi connectivity index (χ4v) is 4.49. The van der Waals surface area contributed by atoms with E-state index in [-0.39, 0.29) is 24.3 Å². The highest BCUT2D eigenvalue weighted by Gasteiger charge is 2.34. The van der Waals surface area contributed by atoms with Crippen LogP contribution in [0.2, 0.25) is 0 Å². The third-order valence-electron chi connectivity index (χ3n) is 6.34. The van der Waals surface area contributed by atoms with Crippen molar-refractivity contribution in [2.45, 2.75) is 44.2 Å². The Bertz CT molecular complexity index is 1140. The normalized spacial score (nSPS) is 14.5. The standard InChI is InChI=1S/C28H31N3O5/c1-35-23-16-14-20(15-17-23)26(28(34)30-21-9-4-2-5-10-21)31(22-11-6-3-7-12-22)25(32)19-29-27(33)24-13-8-18-36-24/h3,6-8,11-18,21,26H,2,4-5,9-10,19H2,1H3,(H,29,33)(H,30,34)/t26-/m1/s1. The highest BCUT2D eigenvalue weighted by Crippen LogP contribution is 2.30. The van der Waals surface area contributed by atoms with Crippen LogP contribution in [0.3, 0.4) is 0 Å². The fourth-order valence-electron chi connectivity index (χ4n) is 4.49. The maximum Gasteiger partial charge on any atom is 0.287 e. The minimum Gasteiger partial charge on any atom is -0.497 e. The molecule has 1 aliphatic carbocycles. The van der Waals surface area contributed by atoms with E-state index in [0.717, 1.165) is 32.1 Å². The van der Waals surface area contributed by atoms with Crippen molar-refractivity contribution in [2.75, 3.05) is 18.6 Å². The molecule has 2 N–H and O–H groups in total. The SMILES string of the molecule is COc1ccc([C@H](C(=O)NC2CCCCC2)N(C(=O)CNC(=O)c2ccco2)c2ccccc2)cc1. The Kier molecular flexibility index (Phi) is 8.39. The van der Waals surface area contributed by atoms with Crippen LogP contribution < -0.4 is 20.3 Å². The second-order valence-electron chi connectivity index (χ2n) is 8.78. The topological polar surface area (TPSA) is 101 Å². The van der Waals surface area contributed by atoms with E-state index in [2.05, 4.69) is 10.6 Å². The third kappa shape index (κ3) is 6.13. The molecule has 0 spiro atoms. The van der Waals surface area contributed by atoms with Crippen molar-refractivity contribution in [3.8, 4) is 5.75 Å². The Balaban J connectivity index is 1.65. The fraction of sp³-hybridized carbons (Fsp3) is 0.321. The smallest absolute Gasteiger partial charge is 0.287 e. The summed E-state index contributed by atoms with van der Waals surface area (Å²) in [6, 6.07) is 18.4. The van der Waals surface area contributed by atoms with Crippen LogP contribution in [0.15, 0.2) is 77.4 Å². The van der Waals surface area contributed by atoms with Gasteiger partial charge in [-0.25, -0.2) is 0 Å². The first-order valence-electron chi connectivity index (χ1n) is 12.2. The first kappa shape index (κ1) is 25.0. The Labute approximate surface area is 210 Å². The minimum absolute atomic E-state index is 0.0679. The van der Waals surface area contributed by atoms with E-state index in [1.54, 1.807) is 61.7 Å². The highest BCUT2D eigenvalue weighted by molar-refractivity contribution is 6.04. The first-order chi connectivity index (χ1) is 17.6. The molecule has 0 bridgehead atoms. The van der Waals surface area contributed by atoms with Gasteiger partial charge in [0.2, 0.25) is 11.8 Å². The van der Waals surface area contributed by atoms with Gasteiger partial charge < -0.3 is 19.8 Å². The molecule has 4 rings (SSSR count). The van der Waals surface area contributed by atoms with E-state index in [4.69, 9.17) is 9.15 Å². The van der Waals surface area contributed by atoms with Crippen molar-refractivity contribution in [2.24, 2.45) is 0 Å². The van der Waals surface area contributed by atoms with Gasteiger partial charge in [0, 0.05) is 11.7 Å². The quantitative estimate of drug-likeness (QED) is 0.468. The number of furan rings is 1. The largest absolute Gasteiger partial charge is 0.497 e. The summed E-state index contributed by atoms with van der Waals surface area (Å²) in [5, 5.41) is 5.78. The number of amides is 3. The van der Waals surface area contributed by atoms with Crippen LogP contribution in [0.25, 0.3) is 0 Å². The van der Waals surface area contributed by atoms with Gasteiger partial charge in [-0.1, -0.05) is 49.6 Å². The number of carbonyl (C=O) groups excluding carboxylic acids is 3. The monoisotopic (exact) mass is 489 g/mol. The lowest BCUT2D eigenvalue weighted by molar-refractivity contribution is -0.127. The lowest BCUT2D eigenvalue weighted by Gasteiger charge is -2.33. The molecular weight excluding hydrogens is 458 g/mol.